The van der Waals surface area contributed by atoms with E-state index in [9.17, 15) is 4.79 Å². The first kappa shape index (κ1) is 19.2. The van der Waals surface area contributed by atoms with E-state index in [1.54, 1.807) is 0 Å². The number of allylic oxidation sites excluding steroid dienone is 2. The molecule has 0 amide bonds. The Morgan fingerprint density at radius 2 is 1.71 bits per heavy atom. The van der Waals surface area contributed by atoms with Gasteiger partial charge in [-0.15, -0.1) is 0 Å². The molecule has 2 N–H and O–H groups in total. The molecule has 3 fully saturated rings. The van der Waals surface area contributed by atoms with Gasteiger partial charge in [-0.1, -0.05) is 52.9 Å². The Morgan fingerprint density at radius 1 is 0.964 bits per heavy atom. The van der Waals surface area contributed by atoms with Crippen molar-refractivity contribution in [2.45, 2.75) is 97.6 Å². The molecule has 28 heavy (non-hydrogen) atoms. The second kappa shape index (κ2) is 6.86. The van der Waals surface area contributed by atoms with Crippen LogP contribution in [0.4, 0.5) is 0 Å². The molecule has 5 rings (SSSR count). The summed E-state index contributed by atoms with van der Waals surface area (Å²) in [6.07, 6.45) is 14.4. The van der Waals surface area contributed by atoms with Crippen LogP contribution < -0.4 is 10.6 Å². The van der Waals surface area contributed by atoms with Crippen molar-refractivity contribution < 1.29 is 4.79 Å². The van der Waals surface area contributed by atoms with Gasteiger partial charge in [0.05, 0.1) is 6.17 Å². The van der Waals surface area contributed by atoms with Crippen LogP contribution in [0.1, 0.15) is 91.4 Å². The Kier molecular flexibility index (Phi) is 4.69. The Labute approximate surface area is 171 Å². The molecule has 156 valence electrons. The number of nitrogens with one attached hydrogen (secondary N) is 2. The van der Waals surface area contributed by atoms with Crippen molar-refractivity contribution in [3.63, 3.8) is 0 Å². The first-order chi connectivity index (χ1) is 13.4. The third-order valence-electron chi connectivity index (χ3n) is 8.97. The van der Waals surface area contributed by atoms with Crippen molar-refractivity contribution >= 4 is 5.78 Å². The summed E-state index contributed by atoms with van der Waals surface area (Å²) in [7, 11) is 0. The molecule has 1 saturated heterocycles. The molecule has 0 aromatic rings. The second-order valence-electron chi connectivity index (χ2n) is 11.7. The molecule has 2 aliphatic heterocycles. The van der Waals surface area contributed by atoms with E-state index >= 15 is 0 Å². The van der Waals surface area contributed by atoms with E-state index in [2.05, 4.69) is 31.4 Å². The van der Waals surface area contributed by atoms with Gasteiger partial charge in [0.1, 0.15) is 0 Å². The summed E-state index contributed by atoms with van der Waals surface area (Å²) < 4.78 is 0. The minimum Gasteiger partial charge on any atom is -0.373 e. The normalized spacial score (nSPS) is 41.2. The molecule has 0 bridgehead atoms. The average molecular weight is 385 g/mol. The summed E-state index contributed by atoms with van der Waals surface area (Å²) in [4.78, 5) is 13.6. The van der Waals surface area contributed by atoms with Crippen molar-refractivity contribution in [1.82, 2.24) is 10.6 Å². The molecule has 3 aliphatic carbocycles. The van der Waals surface area contributed by atoms with Gasteiger partial charge in [-0.2, -0.15) is 0 Å². The molecule has 4 unspecified atom stereocenters. The van der Waals surface area contributed by atoms with Crippen LogP contribution in [-0.2, 0) is 4.79 Å². The molecule has 0 radical (unpaired) electrons. The van der Waals surface area contributed by atoms with Crippen molar-refractivity contribution in [3.8, 4) is 0 Å². The van der Waals surface area contributed by atoms with Crippen LogP contribution in [0.25, 0.3) is 0 Å². The van der Waals surface area contributed by atoms with Gasteiger partial charge in [-0.05, 0) is 61.8 Å². The molecule has 2 saturated carbocycles. The smallest absolute Gasteiger partial charge is 0.161 e. The lowest BCUT2D eigenvalue weighted by molar-refractivity contribution is -0.123. The Bertz CT molecular complexity index is 670. The van der Waals surface area contributed by atoms with Crippen LogP contribution in [0, 0.1) is 34.5 Å². The van der Waals surface area contributed by atoms with E-state index < -0.39 is 0 Å². The zero-order valence-electron chi connectivity index (χ0n) is 18.3. The fraction of sp³-hybridized carbons (Fsp3) is 0.880. The third kappa shape index (κ3) is 3.16. The molecular weight excluding hydrogens is 344 g/mol. The maximum Gasteiger partial charge on any atom is 0.161 e. The molecule has 0 spiro atoms. The topological polar surface area (TPSA) is 41.1 Å². The first-order valence-corrected chi connectivity index (χ1v) is 12.2. The predicted octanol–water partition coefficient (Wildman–Crippen LogP) is 5.17. The number of hydrogen-bond donors (Lipinski definition) is 2. The van der Waals surface area contributed by atoms with Crippen molar-refractivity contribution in [1.29, 1.82) is 0 Å². The molecule has 3 heteroatoms. The molecule has 5 aliphatic rings. The van der Waals surface area contributed by atoms with E-state index in [-0.39, 0.29) is 10.8 Å². The van der Waals surface area contributed by atoms with E-state index in [0.29, 0.717) is 23.8 Å². The zero-order chi connectivity index (χ0) is 19.5. The number of rotatable bonds is 3. The predicted molar refractivity (Wildman–Crippen MR) is 114 cm³/mol. The van der Waals surface area contributed by atoms with Gasteiger partial charge < -0.3 is 5.32 Å². The maximum atomic E-state index is 13.6. The number of carbonyl (C=O) groups is 1. The van der Waals surface area contributed by atoms with Gasteiger partial charge >= 0.3 is 0 Å². The Balaban J connectivity index is 1.59. The van der Waals surface area contributed by atoms with Crippen LogP contribution in [0.15, 0.2) is 11.3 Å². The summed E-state index contributed by atoms with van der Waals surface area (Å²) in [5.41, 5.74) is 2.69. The lowest BCUT2D eigenvalue weighted by atomic mass is 9.50. The molecule has 0 aromatic heterocycles. The van der Waals surface area contributed by atoms with Gasteiger partial charge in [0.15, 0.2) is 5.78 Å². The first-order valence-electron chi connectivity index (χ1n) is 12.2. The molecule has 0 aromatic carbocycles. The largest absolute Gasteiger partial charge is 0.373 e. The zero-order valence-corrected chi connectivity index (χ0v) is 18.3. The Hall–Kier alpha value is -0.830. The monoisotopic (exact) mass is 384 g/mol. The average Bonchev–Trinajstić information content (AvgIpc) is 3.45. The van der Waals surface area contributed by atoms with Gasteiger partial charge in [-0.25, -0.2) is 0 Å². The summed E-state index contributed by atoms with van der Waals surface area (Å²) in [5.74, 6) is 3.47. The van der Waals surface area contributed by atoms with E-state index in [0.717, 1.165) is 31.2 Å². The molecule has 3 nitrogen and oxygen atoms in total. The van der Waals surface area contributed by atoms with Gasteiger partial charge in [-0.3, -0.25) is 10.1 Å². The lowest BCUT2D eigenvalue weighted by Crippen LogP contribution is -2.65. The van der Waals surface area contributed by atoms with Gasteiger partial charge in [0, 0.05) is 29.0 Å². The van der Waals surface area contributed by atoms with Crippen LogP contribution in [0.3, 0.4) is 0 Å². The standard InChI is InChI=1S/C25H40N2O/c1-24(2)14-19-22(20(28)15-24)25(3,18-7-5-4-6-8-18)21-17(13-16-9-10-16)11-12-26-23(21)27-19/h16-18,21,23,26-27H,4-15H2,1-3H3. The highest BCUT2D eigenvalue weighted by molar-refractivity contribution is 5.99. The van der Waals surface area contributed by atoms with E-state index in [4.69, 9.17) is 0 Å². The van der Waals surface area contributed by atoms with E-state index in [1.165, 1.54) is 69.1 Å². The Morgan fingerprint density at radius 3 is 2.43 bits per heavy atom. The summed E-state index contributed by atoms with van der Waals surface area (Å²) in [6, 6.07) is 0. The van der Waals surface area contributed by atoms with E-state index in [1.807, 2.05) is 0 Å². The summed E-state index contributed by atoms with van der Waals surface area (Å²) in [5, 5.41) is 7.77. The highest BCUT2D eigenvalue weighted by Crippen LogP contribution is 2.59. The number of ketones is 1. The molecule has 4 atom stereocenters. The third-order valence-corrected chi connectivity index (χ3v) is 8.97. The van der Waals surface area contributed by atoms with Crippen LogP contribution in [0.5, 0.6) is 0 Å². The number of fused-ring (bicyclic) bond motifs is 1. The minimum absolute atomic E-state index is 0.0617. The fourth-order valence-corrected chi connectivity index (χ4v) is 7.63. The number of piperidine rings is 1. The number of Topliss-reactive ketones (excluding diaryl/α,β-unsaturated/α-hetero) is 1. The quantitative estimate of drug-likeness (QED) is 0.705. The van der Waals surface area contributed by atoms with Crippen molar-refractivity contribution in [3.05, 3.63) is 11.3 Å². The van der Waals surface area contributed by atoms with Crippen molar-refractivity contribution in [2.75, 3.05) is 6.54 Å². The molecule has 2 heterocycles. The fourth-order valence-electron chi connectivity index (χ4n) is 7.63. The van der Waals surface area contributed by atoms with Crippen LogP contribution >= 0.6 is 0 Å². The van der Waals surface area contributed by atoms with Crippen molar-refractivity contribution in [2.24, 2.45) is 34.5 Å². The van der Waals surface area contributed by atoms with Gasteiger partial charge in [0.25, 0.3) is 0 Å². The van der Waals surface area contributed by atoms with Gasteiger partial charge in [0.2, 0.25) is 0 Å². The molecular formula is C25H40N2O. The maximum absolute atomic E-state index is 13.6. The number of carbonyl (C=O) groups excluding carboxylic acids is 1. The highest BCUT2D eigenvalue weighted by Gasteiger charge is 2.58. The second-order valence-corrected chi connectivity index (χ2v) is 11.7. The summed E-state index contributed by atoms with van der Waals surface area (Å²) in [6.45, 7) is 8.20. The summed E-state index contributed by atoms with van der Waals surface area (Å²) >= 11 is 0. The van der Waals surface area contributed by atoms with Crippen LogP contribution in [-0.4, -0.2) is 18.5 Å². The minimum atomic E-state index is 0.0617. The van der Waals surface area contributed by atoms with Crippen LogP contribution in [0.2, 0.25) is 0 Å². The SMILES string of the molecule is CC1(C)CC(=O)C2=C(C1)NC1NCCC(CC3CC3)C1C2(C)C1CCCCC1. The highest BCUT2D eigenvalue weighted by atomic mass is 16.1. The number of hydrogen-bond acceptors (Lipinski definition) is 3. The lowest BCUT2D eigenvalue weighted by Gasteiger charge is -2.59.